The Morgan fingerprint density at radius 1 is 1.00 bits per heavy atom. The molecule has 0 aliphatic rings. The lowest BCUT2D eigenvalue weighted by molar-refractivity contribution is -0.0934. The molecule has 2 heterocycles. The number of nitrogens with zero attached hydrogens (tertiary/aromatic N) is 3. The third kappa shape index (κ3) is 5.63. The summed E-state index contributed by atoms with van der Waals surface area (Å²) in [5.41, 5.74) is 0.315. The van der Waals surface area contributed by atoms with Crippen molar-refractivity contribution in [1.29, 1.82) is 0 Å². The van der Waals surface area contributed by atoms with Crippen LogP contribution in [0.5, 0.6) is 5.88 Å². The second-order valence-corrected chi connectivity index (χ2v) is 5.70. The molecule has 4 nitrogen and oxygen atoms in total. The van der Waals surface area contributed by atoms with Crippen molar-refractivity contribution in [2.75, 3.05) is 0 Å². The van der Waals surface area contributed by atoms with Gasteiger partial charge in [0.25, 0.3) is 0 Å². The van der Waals surface area contributed by atoms with Crippen LogP contribution in [-0.4, -0.2) is 21.1 Å². The highest BCUT2D eigenvalue weighted by Gasteiger charge is 2.33. The molecular weight excluding hydrogens is 379 g/mol. The normalized spacial score (nSPS) is 12.4. The topological polar surface area (TPSA) is 47.9 Å². The van der Waals surface area contributed by atoms with E-state index in [4.69, 9.17) is 4.74 Å². The summed E-state index contributed by atoms with van der Waals surface area (Å²) in [6, 6.07) is 12.3. The number of benzene rings is 1. The van der Waals surface area contributed by atoms with Gasteiger partial charge in [0.15, 0.2) is 5.82 Å². The fourth-order valence-electron chi connectivity index (χ4n) is 2.33. The minimum Gasteiger partial charge on any atom is -0.439 e. The van der Waals surface area contributed by atoms with Crippen LogP contribution >= 0.6 is 0 Å². The molecule has 0 aliphatic carbocycles. The summed E-state index contributed by atoms with van der Waals surface area (Å²) in [5.74, 6) is 0.0818. The third-order valence-electron chi connectivity index (χ3n) is 3.77. The fourth-order valence-corrected chi connectivity index (χ4v) is 2.33. The highest BCUT2D eigenvalue weighted by molar-refractivity contribution is 5.79. The van der Waals surface area contributed by atoms with Gasteiger partial charge in [-0.15, -0.1) is 0 Å². The quantitative estimate of drug-likeness (QED) is 0.369. The second-order valence-electron chi connectivity index (χ2n) is 5.70. The zero-order chi connectivity index (χ0) is 21.4. The molecule has 0 saturated heterocycles. The van der Waals surface area contributed by atoms with Crippen LogP contribution in [-0.2, 0) is 0 Å². The van der Waals surface area contributed by atoms with Gasteiger partial charge in [0, 0.05) is 17.6 Å². The molecule has 0 atom stereocenters. The number of aromatic nitrogens is 3. The minimum atomic E-state index is -4.49. The highest BCUT2D eigenvalue weighted by atomic mass is 19.4. The fraction of sp³-hybridized carbons (Fsp3) is 0.227. The zero-order valence-corrected chi connectivity index (χ0v) is 16.7. The van der Waals surface area contributed by atoms with Gasteiger partial charge in [-0.25, -0.2) is 15.0 Å². The van der Waals surface area contributed by atoms with E-state index >= 15 is 0 Å². The van der Waals surface area contributed by atoms with Gasteiger partial charge < -0.3 is 4.74 Å². The molecule has 0 bridgehead atoms. The summed E-state index contributed by atoms with van der Waals surface area (Å²) >= 11 is 0. The Morgan fingerprint density at radius 2 is 1.72 bits per heavy atom. The minimum absolute atomic E-state index is 0.0287. The van der Waals surface area contributed by atoms with Crippen LogP contribution in [0.2, 0.25) is 0 Å². The molecule has 3 rings (SSSR count). The van der Waals surface area contributed by atoms with Crippen molar-refractivity contribution in [1.82, 2.24) is 15.0 Å². The number of alkyl halides is 3. The van der Waals surface area contributed by atoms with Crippen LogP contribution in [0.4, 0.5) is 13.2 Å². The van der Waals surface area contributed by atoms with Crippen molar-refractivity contribution in [3.63, 3.8) is 0 Å². The number of halogens is 3. The van der Waals surface area contributed by atoms with Gasteiger partial charge in [-0.05, 0) is 32.1 Å². The summed E-state index contributed by atoms with van der Waals surface area (Å²) in [6.45, 7) is 6.57. The monoisotopic (exact) mass is 401 g/mol. The Labute approximate surface area is 167 Å². The molecule has 2 aromatic heterocycles. The molecule has 3 aromatic rings. The van der Waals surface area contributed by atoms with E-state index in [1.807, 2.05) is 38.1 Å². The Bertz CT molecular complexity index is 1030. The maximum atomic E-state index is 13.0. The number of fused-ring (bicyclic) bond motifs is 1. The van der Waals surface area contributed by atoms with Gasteiger partial charge in [-0.2, -0.15) is 13.2 Å². The predicted octanol–water partition coefficient (Wildman–Crippen LogP) is 6.51. The van der Waals surface area contributed by atoms with Crippen LogP contribution in [0.25, 0.3) is 22.4 Å². The molecule has 29 heavy (non-hydrogen) atoms. The van der Waals surface area contributed by atoms with Crippen LogP contribution in [0, 0.1) is 0 Å². The number of hydrogen-bond acceptors (Lipinski definition) is 4. The molecule has 0 radical (unpaired) electrons. The summed E-state index contributed by atoms with van der Waals surface area (Å²) in [6.07, 6.45) is -0.0929. The highest BCUT2D eigenvalue weighted by Crippen LogP contribution is 2.29. The molecule has 0 spiro atoms. The number of hydrogen-bond donors (Lipinski definition) is 0. The Morgan fingerprint density at radius 3 is 2.41 bits per heavy atom. The van der Waals surface area contributed by atoms with Gasteiger partial charge in [-0.3, -0.25) is 0 Å². The van der Waals surface area contributed by atoms with Crippen LogP contribution in [0.15, 0.2) is 72.1 Å². The lowest BCUT2D eigenvalue weighted by Crippen LogP contribution is -2.14. The van der Waals surface area contributed by atoms with E-state index in [9.17, 15) is 13.2 Å². The Hall–Kier alpha value is -3.22. The van der Waals surface area contributed by atoms with Crippen molar-refractivity contribution < 1.29 is 17.9 Å². The molecule has 0 fully saturated rings. The first-order chi connectivity index (χ1) is 13.9. The standard InChI is InChI=1S/C20H16F3N3O.C2H6/c1-3-7-17(13(2)20(21,22)23)27-18-11-6-10-16(25-18)19-24-12-14-8-4-5-9-15(14)26-19;1-2/h3-12H,1-2H3;1-2H3/b7-3-,17-13-;. The summed E-state index contributed by atoms with van der Waals surface area (Å²) in [7, 11) is 0. The summed E-state index contributed by atoms with van der Waals surface area (Å²) in [5, 5.41) is 0.882. The lowest BCUT2D eigenvalue weighted by Gasteiger charge is -2.13. The summed E-state index contributed by atoms with van der Waals surface area (Å²) in [4.78, 5) is 13.0. The maximum Gasteiger partial charge on any atom is 0.415 e. The van der Waals surface area contributed by atoms with Gasteiger partial charge in [0.2, 0.25) is 5.88 Å². The zero-order valence-electron chi connectivity index (χ0n) is 16.7. The van der Waals surface area contributed by atoms with Crippen molar-refractivity contribution in [3.8, 4) is 17.4 Å². The third-order valence-corrected chi connectivity index (χ3v) is 3.77. The molecule has 1 aromatic carbocycles. The van der Waals surface area contributed by atoms with E-state index in [-0.39, 0.29) is 11.6 Å². The van der Waals surface area contributed by atoms with Crippen LogP contribution in [0.3, 0.4) is 0 Å². The van der Waals surface area contributed by atoms with E-state index in [1.165, 1.54) is 18.2 Å². The van der Waals surface area contributed by atoms with Crippen molar-refractivity contribution in [3.05, 3.63) is 72.1 Å². The van der Waals surface area contributed by atoms with E-state index in [2.05, 4.69) is 15.0 Å². The first-order valence-electron chi connectivity index (χ1n) is 9.16. The second kappa shape index (κ2) is 9.82. The van der Waals surface area contributed by atoms with E-state index < -0.39 is 11.7 Å². The van der Waals surface area contributed by atoms with Crippen molar-refractivity contribution in [2.45, 2.75) is 33.9 Å². The molecule has 0 unspecified atom stereocenters. The number of rotatable bonds is 4. The van der Waals surface area contributed by atoms with Crippen LogP contribution in [0.1, 0.15) is 27.7 Å². The van der Waals surface area contributed by atoms with Crippen molar-refractivity contribution >= 4 is 10.9 Å². The predicted molar refractivity (Wildman–Crippen MR) is 108 cm³/mol. The lowest BCUT2D eigenvalue weighted by atomic mass is 10.2. The summed E-state index contributed by atoms with van der Waals surface area (Å²) < 4.78 is 44.4. The molecule has 7 heteroatoms. The largest absolute Gasteiger partial charge is 0.439 e. The molecule has 0 aliphatic heterocycles. The Kier molecular flexibility index (Phi) is 7.47. The molecule has 0 amide bonds. The average molecular weight is 401 g/mol. The SMILES string of the molecule is C/C=C\C(Oc1cccc(-c2ncc3ccccc3n2)n1)=C(/C)C(F)(F)F.CC. The van der Waals surface area contributed by atoms with E-state index in [1.54, 1.807) is 25.3 Å². The van der Waals surface area contributed by atoms with Gasteiger partial charge >= 0.3 is 6.18 Å². The molecular formula is C22H22F3N3O. The molecule has 152 valence electrons. The first-order valence-corrected chi connectivity index (χ1v) is 9.16. The number of allylic oxidation sites excluding steroid dienone is 3. The van der Waals surface area contributed by atoms with Crippen LogP contribution < -0.4 is 4.74 Å². The number of pyridine rings is 1. The van der Waals surface area contributed by atoms with Crippen molar-refractivity contribution in [2.24, 2.45) is 0 Å². The number of para-hydroxylation sites is 1. The number of ether oxygens (including phenoxy) is 1. The van der Waals surface area contributed by atoms with Gasteiger partial charge in [0.05, 0.1) is 11.1 Å². The van der Waals surface area contributed by atoms with E-state index in [0.29, 0.717) is 11.5 Å². The first kappa shape index (κ1) is 22.1. The van der Waals surface area contributed by atoms with Gasteiger partial charge in [0.1, 0.15) is 11.5 Å². The maximum absolute atomic E-state index is 13.0. The molecule has 0 N–H and O–H groups in total. The average Bonchev–Trinajstić information content (AvgIpc) is 2.73. The Balaban J connectivity index is 0.00000145. The molecule has 0 saturated carbocycles. The van der Waals surface area contributed by atoms with E-state index in [0.717, 1.165) is 17.8 Å². The smallest absolute Gasteiger partial charge is 0.415 e. The van der Waals surface area contributed by atoms with Gasteiger partial charge in [-0.1, -0.05) is 44.2 Å².